The van der Waals surface area contributed by atoms with Crippen LogP contribution in [0.4, 0.5) is 0 Å². The number of rotatable bonds is 2. The van der Waals surface area contributed by atoms with E-state index in [4.69, 9.17) is 4.42 Å². The number of furan rings is 1. The summed E-state index contributed by atoms with van der Waals surface area (Å²) in [7, 11) is 0. The van der Waals surface area contributed by atoms with Crippen LogP contribution in [0.2, 0.25) is 0 Å². The maximum absolute atomic E-state index is 10.1. The Labute approximate surface area is 238 Å². The summed E-state index contributed by atoms with van der Waals surface area (Å²) in [6.45, 7) is 0. The van der Waals surface area contributed by atoms with Crippen LogP contribution in [0, 0.1) is 11.3 Å². The van der Waals surface area contributed by atoms with Crippen LogP contribution in [0.3, 0.4) is 0 Å². The number of nitriles is 1. The van der Waals surface area contributed by atoms with Crippen LogP contribution in [-0.4, -0.2) is 4.57 Å². The van der Waals surface area contributed by atoms with Crippen molar-refractivity contribution >= 4 is 75.3 Å². The molecule has 0 bridgehead atoms. The van der Waals surface area contributed by atoms with Crippen LogP contribution in [0.5, 0.6) is 0 Å². The van der Waals surface area contributed by atoms with Gasteiger partial charge >= 0.3 is 0 Å². The Morgan fingerprint density at radius 1 is 0.585 bits per heavy atom. The minimum Gasteiger partial charge on any atom is -0.452 e. The van der Waals surface area contributed by atoms with E-state index in [0.29, 0.717) is 11.1 Å². The number of hydrogen-bond acceptors (Lipinski definition) is 3. The molecule has 0 fully saturated rings. The average molecular weight is 541 g/mol. The van der Waals surface area contributed by atoms with Crippen molar-refractivity contribution in [1.82, 2.24) is 4.57 Å². The van der Waals surface area contributed by atoms with Gasteiger partial charge in [0.15, 0.2) is 11.2 Å². The lowest BCUT2D eigenvalue weighted by Gasteiger charge is -2.08. The van der Waals surface area contributed by atoms with Gasteiger partial charge in [0, 0.05) is 41.7 Å². The van der Waals surface area contributed by atoms with Crippen LogP contribution in [-0.2, 0) is 0 Å². The molecule has 4 heteroatoms. The number of nitrogens with zero attached hydrogens (tertiary/aromatic N) is 2. The number of hydrogen-bond donors (Lipinski definition) is 0. The fourth-order valence-corrected chi connectivity index (χ4v) is 7.61. The standard InChI is InChI=1S/C37H20N2OS/c38-21-23-17-18-24(22-16-19-28-27-10-3-6-15-33(27)41-34(28)20-22)35-29-11-7-14-32(37(29)40-36(23)35)39-30-12-4-1-8-25(30)26-9-2-5-13-31(26)39/h1-20H. The molecule has 3 nitrogen and oxygen atoms in total. The highest BCUT2D eigenvalue weighted by molar-refractivity contribution is 7.25. The van der Waals surface area contributed by atoms with E-state index in [1.165, 1.54) is 30.9 Å². The van der Waals surface area contributed by atoms with Crippen LogP contribution in [0.15, 0.2) is 126 Å². The quantitative estimate of drug-likeness (QED) is 0.219. The largest absolute Gasteiger partial charge is 0.452 e. The Balaban J connectivity index is 1.37. The van der Waals surface area contributed by atoms with Crippen molar-refractivity contribution in [2.24, 2.45) is 0 Å². The molecule has 0 N–H and O–H groups in total. The fourth-order valence-electron chi connectivity index (χ4n) is 6.47. The zero-order valence-electron chi connectivity index (χ0n) is 21.8. The molecule has 190 valence electrons. The second-order valence-electron chi connectivity index (χ2n) is 10.4. The second kappa shape index (κ2) is 8.32. The highest BCUT2D eigenvalue weighted by Crippen LogP contribution is 2.43. The smallest absolute Gasteiger partial charge is 0.159 e. The third-order valence-electron chi connectivity index (χ3n) is 8.26. The Kier molecular flexibility index (Phi) is 4.55. The number of thiophene rings is 1. The Bertz CT molecular complexity index is 2500. The van der Waals surface area contributed by atoms with E-state index >= 15 is 0 Å². The molecule has 41 heavy (non-hydrogen) atoms. The van der Waals surface area contributed by atoms with E-state index in [1.54, 1.807) is 0 Å². The summed E-state index contributed by atoms with van der Waals surface area (Å²) in [6, 6.07) is 44.9. The third kappa shape index (κ3) is 3.07. The predicted octanol–water partition coefficient (Wildman–Crippen LogP) is 10.6. The fraction of sp³-hybridized carbons (Fsp3) is 0. The minimum atomic E-state index is 0.538. The lowest BCUT2D eigenvalue weighted by molar-refractivity contribution is 0.665. The zero-order chi connectivity index (χ0) is 27.1. The zero-order valence-corrected chi connectivity index (χ0v) is 22.6. The van der Waals surface area contributed by atoms with Crippen molar-refractivity contribution in [1.29, 1.82) is 5.26 Å². The minimum absolute atomic E-state index is 0.538. The number of fused-ring (bicyclic) bond motifs is 9. The summed E-state index contributed by atoms with van der Waals surface area (Å²) in [5, 5.41) is 17.0. The monoisotopic (exact) mass is 540 g/mol. The van der Waals surface area contributed by atoms with E-state index in [2.05, 4.69) is 126 Å². The third-order valence-corrected chi connectivity index (χ3v) is 9.39. The first-order chi connectivity index (χ1) is 20.3. The van der Waals surface area contributed by atoms with Gasteiger partial charge in [0.25, 0.3) is 0 Å². The molecule has 6 aromatic carbocycles. The lowest BCUT2D eigenvalue weighted by Crippen LogP contribution is -1.94. The summed E-state index contributed by atoms with van der Waals surface area (Å²) >= 11 is 1.81. The first-order valence-corrected chi connectivity index (χ1v) is 14.4. The highest BCUT2D eigenvalue weighted by Gasteiger charge is 2.21. The SMILES string of the molecule is N#Cc1ccc(-c2ccc3c(c2)sc2ccccc23)c2c1oc1c(-n3c4ccccc4c4ccccc43)cccc12. The van der Waals surface area contributed by atoms with E-state index in [-0.39, 0.29) is 0 Å². The molecule has 0 unspecified atom stereocenters. The lowest BCUT2D eigenvalue weighted by atomic mass is 9.96. The Hall–Kier alpha value is -5.37. The number of aromatic nitrogens is 1. The average Bonchev–Trinajstić information content (AvgIpc) is 3.70. The van der Waals surface area contributed by atoms with Gasteiger partial charge in [-0.1, -0.05) is 84.9 Å². The molecule has 0 spiro atoms. The van der Waals surface area contributed by atoms with Gasteiger partial charge in [0.1, 0.15) is 6.07 Å². The van der Waals surface area contributed by atoms with Gasteiger partial charge in [0.2, 0.25) is 0 Å². The van der Waals surface area contributed by atoms with Gasteiger partial charge in [0.05, 0.1) is 22.3 Å². The Morgan fingerprint density at radius 2 is 1.27 bits per heavy atom. The van der Waals surface area contributed by atoms with Gasteiger partial charge in [-0.05, 0) is 47.5 Å². The van der Waals surface area contributed by atoms with Crippen molar-refractivity contribution in [2.45, 2.75) is 0 Å². The number of benzene rings is 6. The summed E-state index contributed by atoms with van der Waals surface area (Å²) < 4.78 is 11.5. The second-order valence-corrected chi connectivity index (χ2v) is 11.5. The Morgan fingerprint density at radius 3 is 2.05 bits per heavy atom. The van der Waals surface area contributed by atoms with Crippen molar-refractivity contribution < 1.29 is 4.42 Å². The molecule has 0 saturated heterocycles. The van der Waals surface area contributed by atoms with E-state index < -0.39 is 0 Å². The van der Waals surface area contributed by atoms with Crippen molar-refractivity contribution in [3.05, 3.63) is 127 Å². The molecule has 0 radical (unpaired) electrons. The summed E-state index contributed by atoms with van der Waals surface area (Å²) in [5.41, 5.74) is 7.34. The molecule has 9 aromatic rings. The van der Waals surface area contributed by atoms with Gasteiger partial charge in [-0.2, -0.15) is 5.26 Å². The van der Waals surface area contributed by atoms with Crippen molar-refractivity contribution in [3.63, 3.8) is 0 Å². The molecule has 0 saturated carbocycles. The van der Waals surface area contributed by atoms with Crippen LogP contribution >= 0.6 is 11.3 Å². The maximum atomic E-state index is 10.1. The van der Waals surface area contributed by atoms with E-state index in [0.717, 1.165) is 44.2 Å². The molecular formula is C37H20N2OS. The molecule has 0 atom stereocenters. The maximum Gasteiger partial charge on any atom is 0.159 e. The molecule has 9 rings (SSSR count). The topological polar surface area (TPSA) is 41.9 Å². The molecule has 0 aliphatic rings. The first kappa shape index (κ1) is 22.4. The van der Waals surface area contributed by atoms with Gasteiger partial charge < -0.3 is 8.98 Å². The van der Waals surface area contributed by atoms with Crippen LogP contribution in [0.25, 0.3) is 80.7 Å². The van der Waals surface area contributed by atoms with E-state index in [9.17, 15) is 5.26 Å². The normalized spacial score (nSPS) is 11.9. The van der Waals surface area contributed by atoms with Crippen molar-refractivity contribution in [2.75, 3.05) is 0 Å². The van der Waals surface area contributed by atoms with Gasteiger partial charge in [-0.3, -0.25) is 0 Å². The molecule has 3 aromatic heterocycles. The van der Waals surface area contributed by atoms with Gasteiger partial charge in [-0.15, -0.1) is 11.3 Å². The highest BCUT2D eigenvalue weighted by atomic mass is 32.1. The van der Waals surface area contributed by atoms with Gasteiger partial charge in [-0.25, -0.2) is 0 Å². The van der Waals surface area contributed by atoms with Crippen LogP contribution in [0.1, 0.15) is 5.56 Å². The molecule has 0 amide bonds. The van der Waals surface area contributed by atoms with Crippen LogP contribution < -0.4 is 0 Å². The summed E-state index contributed by atoms with van der Waals surface area (Å²) in [5.74, 6) is 0. The molecular weight excluding hydrogens is 520 g/mol. The van der Waals surface area contributed by atoms with E-state index in [1.807, 2.05) is 17.4 Å². The predicted molar refractivity (Wildman–Crippen MR) is 171 cm³/mol. The summed E-state index contributed by atoms with van der Waals surface area (Å²) in [4.78, 5) is 0. The van der Waals surface area contributed by atoms with Crippen molar-refractivity contribution in [3.8, 4) is 22.9 Å². The molecule has 3 heterocycles. The first-order valence-electron chi connectivity index (χ1n) is 13.6. The molecule has 0 aliphatic heterocycles. The summed E-state index contributed by atoms with van der Waals surface area (Å²) in [6.07, 6.45) is 0. The molecule has 0 aliphatic carbocycles. The number of para-hydroxylation sites is 3.